The van der Waals surface area contributed by atoms with E-state index in [1.165, 1.54) is 19.3 Å². The maximum atomic E-state index is 12.2. The molecule has 1 saturated heterocycles. The average Bonchev–Trinajstić information content (AvgIpc) is 3.24. The number of hydrogen-bond donors (Lipinski definition) is 0. The second kappa shape index (κ2) is 8.22. The van der Waals surface area contributed by atoms with Crippen LogP contribution in [0.25, 0.3) is 11.4 Å². The first-order chi connectivity index (χ1) is 13.3. The molecule has 0 spiro atoms. The largest absolute Gasteiger partial charge is 0.490 e. The summed E-state index contributed by atoms with van der Waals surface area (Å²) in [6.45, 7) is 3.84. The minimum atomic E-state index is -0.0628. The highest BCUT2D eigenvalue weighted by Crippen LogP contribution is 2.26. The second-order valence-corrected chi connectivity index (χ2v) is 6.78. The molecule has 0 atom stereocenters. The summed E-state index contributed by atoms with van der Waals surface area (Å²) in [5, 5.41) is 0. The molecule has 4 rings (SSSR count). The van der Waals surface area contributed by atoms with Gasteiger partial charge in [-0.3, -0.25) is 14.3 Å². The molecule has 3 aromatic rings. The number of aromatic nitrogens is 3. The van der Waals surface area contributed by atoms with E-state index >= 15 is 0 Å². The SMILES string of the molecule is O=c1ccccn1-c1ccc(-n2ccnc2)c(OCCN2CCCCC2)c1. The third-order valence-corrected chi connectivity index (χ3v) is 4.94. The standard InChI is InChI=1S/C21H24N4O2/c26-21-6-2-5-12-25(21)18-7-8-19(24-13-9-22-17-24)20(16-18)27-15-14-23-10-3-1-4-11-23/h2,5-9,12-13,16-17H,1,3-4,10-11,14-15H2. The van der Waals surface area contributed by atoms with E-state index in [2.05, 4.69) is 9.88 Å². The van der Waals surface area contributed by atoms with Crippen LogP contribution in [-0.4, -0.2) is 45.3 Å². The van der Waals surface area contributed by atoms with Crippen LogP contribution in [0.2, 0.25) is 0 Å². The zero-order valence-corrected chi connectivity index (χ0v) is 15.3. The van der Waals surface area contributed by atoms with Crippen molar-refractivity contribution in [3.05, 3.63) is 71.7 Å². The molecule has 2 aromatic heterocycles. The average molecular weight is 364 g/mol. The molecule has 1 aliphatic heterocycles. The summed E-state index contributed by atoms with van der Waals surface area (Å²) < 4.78 is 9.70. The van der Waals surface area contributed by atoms with E-state index in [4.69, 9.17) is 4.74 Å². The van der Waals surface area contributed by atoms with Crippen molar-refractivity contribution in [2.45, 2.75) is 19.3 Å². The maximum Gasteiger partial charge on any atom is 0.255 e. The lowest BCUT2D eigenvalue weighted by atomic mass is 10.1. The van der Waals surface area contributed by atoms with Crippen molar-refractivity contribution in [3.8, 4) is 17.1 Å². The van der Waals surface area contributed by atoms with Gasteiger partial charge in [0.15, 0.2) is 0 Å². The minimum absolute atomic E-state index is 0.0628. The van der Waals surface area contributed by atoms with E-state index < -0.39 is 0 Å². The van der Waals surface area contributed by atoms with Crippen LogP contribution in [0.3, 0.4) is 0 Å². The second-order valence-electron chi connectivity index (χ2n) is 6.78. The van der Waals surface area contributed by atoms with Crippen LogP contribution in [-0.2, 0) is 0 Å². The molecule has 1 aromatic carbocycles. The van der Waals surface area contributed by atoms with Gasteiger partial charge in [0, 0.05) is 37.3 Å². The smallest absolute Gasteiger partial charge is 0.255 e. The number of benzene rings is 1. The number of ether oxygens (including phenoxy) is 1. The Hall–Kier alpha value is -2.86. The quantitative estimate of drug-likeness (QED) is 0.675. The number of imidazole rings is 1. The first-order valence-electron chi connectivity index (χ1n) is 9.47. The Morgan fingerprint density at radius 1 is 1.04 bits per heavy atom. The van der Waals surface area contributed by atoms with Gasteiger partial charge in [-0.1, -0.05) is 12.5 Å². The molecule has 0 radical (unpaired) electrons. The number of likely N-dealkylation sites (tertiary alicyclic amines) is 1. The van der Waals surface area contributed by atoms with Gasteiger partial charge in [-0.25, -0.2) is 4.98 Å². The van der Waals surface area contributed by atoms with Gasteiger partial charge < -0.3 is 9.30 Å². The fourth-order valence-corrected chi connectivity index (χ4v) is 3.49. The topological polar surface area (TPSA) is 52.3 Å². The molecule has 6 heteroatoms. The van der Waals surface area contributed by atoms with Crippen LogP contribution in [0.15, 0.2) is 66.1 Å². The lowest BCUT2D eigenvalue weighted by Crippen LogP contribution is -2.33. The van der Waals surface area contributed by atoms with Gasteiger partial charge in [-0.05, 0) is 44.1 Å². The maximum absolute atomic E-state index is 12.2. The van der Waals surface area contributed by atoms with Crippen LogP contribution < -0.4 is 10.3 Å². The molecule has 3 heterocycles. The Kier molecular flexibility index (Phi) is 5.34. The molecule has 0 aliphatic carbocycles. The highest BCUT2D eigenvalue weighted by atomic mass is 16.5. The van der Waals surface area contributed by atoms with Gasteiger partial charge in [-0.15, -0.1) is 0 Å². The molecule has 1 fully saturated rings. The molecule has 140 valence electrons. The summed E-state index contributed by atoms with van der Waals surface area (Å²) in [4.78, 5) is 18.7. The monoisotopic (exact) mass is 364 g/mol. The fourth-order valence-electron chi connectivity index (χ4n) is 3.49. The van der Waals surface area contributed by atoms with Gasteiger partial charge in [-0.2, -0.15) is 0 Å². The minimum Gasteiger partial charge on any atom is -0.490 e. The van der Waals surface area contributed by atoms with E-state index in [-0.39, 0.29) is 5.56 Å². The summed E-state index contributed by atoms with van der Waals surface area (Å²) in [5.74, 6) is 0.748. The number of piperidine rings is 1. The van der Waals surface area contributed by atoms with Crippen molar-refractivity contribution in [2.24, 2.45) is 0 Å². The highest BCUT2D eigenvalue weighted by molar-refractivity contribution is 5.53. The predicted molar refractivity (Wildman–Crippen MR) is 105 cm³/mol. The van der Waals surface area contributed by atoms with E-state index in [0.717, 1.165) is 36.8 Å². The number of pyridine rings is 1. The molecule has 27 heavy (non-hydrogen) atoms. The Balaban J connectivity index is 1.59. The van der Waals surface area contributed by atoms with Crippen LogP contribution in [0, 0.1) is 0 Å². The Bertz CT molecular complexity index is 927. The van der Waals surface area contributed by atoms with E-state index in [0.29, 0.717) is 6.61 Å². The molecule has 0 amide bonds. The number of rotatable bonds is 6. The lowest BCUT2D eigenvalue weighted by Gasteiger charge is -2.26. The van der Waals surface area contributed by atoms with Crippen molar-refractivity contribution in [1.82, 2.24) is 19.0 Å². The van der Waals surface area contributed by atoms with Gasteiger partial charge >= 0.3 is 0 Å². The summed E-state index contributed by atoms with van der Waals surface area (Å²) in [6.07, 6.45) is 11.0. The van der Waals surface area contributed by atoms with Gasteiger partial charge in [0.1, 0.15) is 12.4 Å². The van der Waals surface area contributed by atoms with Crippen molar-refractivity contribution in [1.29, 1.82) is 0 Å². The summed E-state index contributed by atoms with van der Waals surface area (Å²) >= 11 is 0. The molecular weight excluding hydrogens is 340 g/mol. The van der Waals surface area contributed by atoms with E-state index in [9.17, 15) is 4.79 Å². The summed E-state index contributed by atoms with van der Waals surface area (Å²) in [5.41, 5.74) is 1.64. The van der Waals surface area contributed by atoms with Crippen molar-refractivity contribution in [2.75, 3.05) is 26.2 Å². The summed E-state index contributed by atoms with van der Waals surface area (Å²) in [7, 11) is 0. The zero-order valence-electron chi connectivity index (χ0n) is 15.3. The number of hydrogen-bond acceptors (Lipinski definition) is 4. The third kappa shape index (κ3) is 4.11. The Morgan fingerprint density at radius 2 is 1.93 bits per heavy atom. The molecule has 1 aliphatic rings. The molecule has 0 bridgehead atoms. The molecule has 0 saturated carbocycles. The van der Waals surface area contributed by atoms with Crippen LogP contribution in [0.4, 0.5) is 0 Å². The van der Waals surface area contributed by atoms with Gasteiger partial charge in [0.05, 0.1) is 17.7 Å². The van der Waals surface area contributed by atoms with Crippen molar-refractivity contribution in [3.63, 3.8) is 0 Å². The first kappa shape index (κ1) is 17.5. The summed E-state index contributed by atoms with van der Waals surface area (Å²) in [6, 6.07) is 11.0. The van der Waals surface area contributed by atoms with E-state index in [1.807, 2.05) is 35.0 Å². The molecule has 0 unspecified atom stereocenters. The van der Waals surface area contributed by atoms with E-state index in [1.54, 1.807) is 35.4 Å². The third-order valence-electron chi connectivity index (χ3n) is 4.94. The first-order valence-corrected chi connectivity index (χ1v) is 9.47. The lowest BCUT2D eigenvalue weighted by molar-refractivity contribution is 0.183. The van der Waals surface area contributed by atoms with Crippen molar-refractivity contribution >= 4 is 0 Å². The van der Waals surface area contributed by atoms with Gasteiger partial charge in [0.25, 0.3) is 5.56 Å². The Labute approximate surface area is 158 Å². The van der Waals surface area contributed by atoms with Gasteiger partial charge in [0.2, 0.25) is 0 Å². The molecule has 6 nitrogen and oxygen atoms in total. The predicted octanol–water partition coefficient (Wildman–Crippen LogP) is 2.89. The zero-order chi connectivity index (χ0) is 18.5. The Morgan fingerprint density at radius 3 is 2.70 bits per heavy atom. The highest BCUT2D eigenvalue weighted by Gasteiger charge is 2.12. The molecular formula is C21H24N4O2. The number of nitrogens with zero attached hydrogens (tertiary/aromatic N) is 4. The normalized spacial score (nSPS) is 15.0. The molecule has 0 N–H and O–H groups in total. The van der Waals surface area contributed by atoms with Crippen LogP contribution in [0.5, 0.6) is 5.75 Å². The van der Waals surface area contributed by atoms with Crippen LogP contribution >= 0.6 is 0 Å². The fraction of sp³-hybridized carbons (Fsp3) is 0.333. The van der Waals surface area contributed by atoms with Crippen LogP contribution in [0.1, 0.15) is 19.3 Å². The van der Waals surface area contributed by atoms with Crippen molar-refractivity contribution < 1.29 is 4.74 Å².